The zero-order chi connectivity index (χ0) is 14.8. The molecule has 0 saturated carbocycles. The number of rotatable bonds is 3. The standard InChI is InChI=1S/C18H29N3/c1-14-6-4-7-15(2)21(14)19-13-16-9-10-18-17(12-16)8-5-11-20(18)3/h9-10,12,14-15,19H,4-8,11,13H2,1-3H3. The van der Waals surface area contributed by atoms with Crippen LogP contribution in [0.15, 0.2) is 18.2 Å². The summed E-state index contributed by atoms with van der Waals surface area (Å²) in [6.45, 7) is 6.81. The van der Waals surface area contributed by atoms with Gasteiger partial charge in [-0.3, -0.25) is 5.43 Å². The molecule has 2 atom stereocenters. The largest absolute Gasteiger partial charge is 0.374 e. The van der Waals surface area contributed by atoms with Gasteiger partial charge in [0, 0.05) is 37.9 Å². The quantitative estimate of drug-likeness (QED) is 0.920. The molecule has 1 saturated heterocycles. The number of benzene rings is 1. The van der Waals surface area contributed by atoms with Gasteiger partial charge in [-0.1, -0.05) is 18.6 Å². The first-order chi connectivity index (χ1) is 10.1. The number of piperidine rings is 1. The van der Waals surface area contributed by atoms with E-state index in [0.717, 1.165) is 6.54 Å². The molecule has 0 spiro atoms. The number of hydrazine groups is 1. The minimum absolute atomic E-state index is 0.650. The van der Waals surface area contributed by atoms with Crippen molar-refractivity contribution in [2.45, 2.75) is 64.6 Å². The van der Waals surface area contributed by atoms with E-state index in [1.54, 1.807) is 0 Å². The SMILES string of the molecule is CC1CCCC(C)N1NCc1ccc2c(c1)CCCN2C. The van der Waals surface area contributed by atoms with E-state index in [4.69, 9.17) is 0 Å². The van der Waals surface area contributed by atoms with Crippen LogP contribution in [0.3, 0.4) is 0 Å². The highest BCUT2D eigenvalue weighted by atomic mass is 15.5. The average molecular weight is 287 g/mol. The lowest BCUT2D eigenvalue weighted by atomic mass is 9.99. The molecule has 1 N–H and O–H groups in total. The third-order valence-corrected chi connectivity index (χ3v) is 5.15. The number of nitrogens with one attached hydrogen (secondary N) is 1. The first kappa shape index (κ1) is 14.9. The fraction of sp³-hybridized carbons (Fsp3) is 0.667. The normalized spacial score (nSPS) is 26.7. The lowest BCUT2D eigenvalue weighted by molar-refractivity contribution is 0.0435. The second-order valence-electron chi connectivity index (χ2n) is 6.86. The van der Waals surface area contributed by atoms with Crippen molar-refractivity contribution in [1.29, 1.82) is 0 Å². The molecule has 0 radical (unpaired) electrons. The van der Waals surface area contributed by atoms with E-state index >= 15 is 0 Å². The Kier molecular flexibility index (Phi) is 4.51. The molecule has 0 amide bonds. The third kappa shape index (κ3) is 3.24. The molecule has 1 aromatic carbocycles. The molecule has 116 valence electrons. The van der Waals surface area contributed by atoms with Crippen LogP contribution < -0.4 is 10.3 Å². The molecule has 3 heteroatoms. The van der Waals surface area contributed by atoms with Gasteiger partial charge in [0.1, 0.15) is 0 Å². The molecule has 1 aromatic rings. The number of hydrogen-bond acceptors (Lipinski definition) is 3. The predicted octanol–water partition coefficient (Wildman–Crippen LogP) is 3.34. The lowest BCUT2D eigenvalue weighted by Gasteiger charge is -2.39. The second kappa shape index (κ2) is 6.37. The molecule has 2 aliphatic heterocycles. The van der Waals surface area contributed by atoms with Crippen LogP contribution in [0.5, 0.6) is 0 Å². The van der Waals surface area contributed by atoms with Gasteiger partial charge in [-0.25, -0.2) is 5.01 Å². The van der Waals surface area contributed by atoms with Crippen LogP contribution in [0, 0.1) is 0 Å². The summed E-state index contributed by atoms with van der Waals surface area (Å²) >= 11 is 0. The number of fused-ring (bicyclic) bond motifs is 1. The zero-order valence-corrected chi connectivity index (χ0v) is 13.7. The van der Waals surface area contributed by atoms with E-state index in [0.29, 0.717) is 12.1 Å². The third-order valence-electron chi connectivity index (χ3n) is 5.15. The molecular weight excluding hydrogens is 258 g/mol. The summed E-state index contributed by atoms with van der Waals surface area (Å²) in [7, 11) is 2.20. The maximum Gasteiger partial charge on any atom is 0.0396 e. The summed E-state index contributed by atoms with van der Waals surface area (Å²) in [4.78, 5) is 2.38. The lowest BCUT2D eigenvalue weighted by Crippen LogP contribution is -2.51. The maximum atomic E-state index is 3.68. The van der Waals surface area contributed by atoms with Gasteiger partial charge >= 0.3 is 0 Å². The van der Waals surface area contributed by atoms with Gasteiger partial charge in [0.05, 0.1) is 0 Å². The van der Waals surface area contributed by atoms with E-state index in [1.807, 2.05) is 0 Å². The molecule has 3 nitrogen and oxygen atoms in total. The highest BCUT2D eigenvalue weighted by Gasteiger charge is 2.24. The van der Waals surface area contributed by atoms with Crippen molar-refractivity contribution in [3.05, 3.63) is 29.3 Å². The molecular formula is C18H29N3. The van der Waals surface area contributed by atoms with Crippen LogP contribution >= 0.6 is 0 Å². The summed E-state index contributed by atoms with van der Waals surface area (Å²) in [5.41, 5.74) is 8.02. The molecule has 0 bridgehead atoms. The van der Waals surface area contributed by atoms with Crippen molar-refractivity contribution < 1.29 is 0 Å². The van der Waals surface area contributed by atoms with Gasteiger partial charge in [0.25, 0.3) is 0 Å². The van der Waals surface area contributed by atoms with Gasteiger partial charge in [0.2, 0.25) is 0 Å². The average Bonchev–Trinajstić information content (AvgIpc) is 2.47. The van der Waals surface area contributed by atoms with Crippen molar-refractivity contribution in [3.63, 3.8) is 0 Å². The van der Waals surface area contributed by atoms with Crippen molar-refractivity contribution in [2.75, 3.05) is 18.5 Å². The van der Waals surface area contributed by atoms with Gasteiger partial charge in [-0.15, -0.1) is 0 Å². The van der Waals surface area contributed by atoms with E-state index in [1.165, 1.54) is 55.5 Å². The Morgan fingerprint density at radius 2 is 1.90 bits per heavy atom. The van der Waals surface area contributed by atoms with Crippen LogP contribution in [0.4, 0.5) is 5.69 Å². The molecule has 21 heavy (non-hydrogen) atoms. The van der Waals surface area contributed by atoms with Crippen molar-refractivity contribution in [3.8, 4) is 0 Å². The summed E-state index contributed by atoms with van der Waals surface area (Å²) in [6, 6.07) is 8.29. The molecule has 2 heterocycles. The van der Waals surface area contributed by atoms with Crippen molar-refractivity contribution in [2.24, 2.45) is 0 Å². The second-order valence-corrected chi connectivity index (χ2v) is 6.86. The molecule has 3 rings (SSSR count). The summed E-state index contributed by atoms with van der Waals surface area (Å²) in [6.07, 6.45) is 6.49. The summed E-state index contributed by atoms with van der Waals surface area (Å²) < 4.78 is 0. The Morgan fingerprint density at radius 3 is 2.67 bits per heavy atom. The van der Waals surface area contributed by atoms with Gasteiger partial charge in [-0.05, 0) is 56.7 Å². The van der Waals surface area contributed by atoms with Crippen molar-refractivity contribution >= 4 is 5.69 Å². The zero-order valence-electron chi connectivity index (χ0n) is 13.7. The van der Waals surface area contributed by atoms with E-state index < -0.39 is 0 Å². The Hall–Kier alpha value is -1.06. The van der Waals surface area contributed by atoms with E-state index in [9.17, 15) is 0 Å². The van der Waals surface area contributed by atoms with Crippen LogP contribution in [0.25, 0.3) is 0 Å². The Labute approximate surface area is 129 Å². The number of hydrogen-bond donors (Lipinski definition) is 1. The Morgan fingerprint density at radius 1 is 1.14 bits per heavy atom. The molecule has 0 aliphatic carbocycles. The summed E-state index contributed by atoms with van der Waals surface area (Å²) in [5, 5.41) is 2.47. The van der Waals surface area contributed by atoms with E-state index in [-0.39, 0.29) is 0 Å². The number of anilines is 1. The highest BCUT2D eigenvalue weighted by molar-refractivity contribution is 5.56. The minimum atomic E-state index is 0.650. The topological polar surface area (TPSA) is 18.5 Å². The molecule has 2 unspecified atom stereocenters. The smallest absolute Gasteiger partial charge is 0.0396 e. The predicted molar refractivity (Wildman–Crippen MR) is 89.5 cm³/mol. The highest BCUT2D eigenvalue weighted by Crippen LogP contribution is 2.27. The maximum absolute atomic E-state index is 3.68. The van der Waals surface area contributed by atoms with Gasteiger partial charge in [-0.2, -0.15) is 0 Å². The summed E-state index contributed by atoms with van der Waals surface area (Å²) in [5.74, 6) is 0. The monoisotopic (exact) mass is 287 g/mol. The van der Waals surface area contributed by atoms with Crippen LogP contribution in [0.1, 0.15) is 50.7 Å². The minimum Gasteiger partial charge on any atom is -0.374 e. The number of aryl methyl sites for hydroxylation is 1. The number of nitrogens with zero attached hydrogens (tertiary/aromatic N) is 2. The van der Waals surface area contributed by atoms with E-state index in [2.05, 4.69) is 54.4 Å². The Bertz CT molecular complexity index is 475. The fourth-order valence-electron chi connectivity index (χ4n) is 3.86. The molecule has 0 aromatic heterocycles. The van der Waals surface area contributed by atoms with Crippen LogP contribution in [-0.4, -0.2) is 30.7 Å². The molecule has 2 aliphatic rings. The van der Waals surface area contributed by atoms with Crippen LogP contribution in [0.2, 0.25) is 0 Å². The first-order valence-corrected chi connectivity index (χ1v) is 8.50. The Balaban J connectivity index is 1.65. The van der Waals surface area contributed by atoms with Gasteiger partial charge in [0.15, 0.2) is 0 Å². The fourth-order valence-corrected chi connectivity index (χ4v) is 3.86. The first-order valence-electron chi connectivity index (χ1n) is 8.50. The van der Waals surface area contributed by atoms with Crippen molar-refractivity contribution in [1.82, 2.24) is 10.4 Å². The molecule has 1 fully saturated rings. The van der Waals surface area contributed by atoms with Crippen LogP contribution in [-0.2, 0) is 13.0 Å². The van der Waals surface area contributed by atoms with Gasteiger partial charge < -0.3 is 4.90 Å².